The van der Waals surface area contributed by atoms with Gasteiger partial charge in [-0.25, -0.2) is 0 Å². The van der Waals surface area contributed by atoms with Crippen LogP contribution in [-0.4, -0.2) is 8.32 Å². The lowest BCUT2D eigenvalue weighted by atomic mass is 10.1. The molecule has 0 saturated carbocycles. The molecule has 0 aliphatic heterocycles. The first-order chi connectivity index (χ1) is 8.19. The van der Waals surface area contributed by atoms with Crippen LogP contribution in [0.1, 0.15) is 31.9 Å². The Hall–Kier alpha value is 0.197. The highest BCUT2D eigenvalue weighted by atomic mass is 79.9. The lowest BCUT2D eigenvalue weighted by Crippen LogP contribution is -2.43. The van der Waals surface area contributed by atoms with E-state index in [9.17, 15) is 0 Å². The van der Waals surface area contributed by atoms with Crippen molar-refractivity contribution in [3.8, 4) is 5.75 Å². The van der Waals surface area contributed by atoms with Gasteiger partial charge in [0.05, 0.1) is 0 Å². The van der Waals surface area contributed by atoms with Crippen LogP contribution in [0.5, 0.6) is 5.75 Å². The molecule has 0 N–H and O–H groups in total. The summed E-state index contributed by atoms with van der Waals surface area (Å²) in [5.74, 6) is 1.01. The van der Waals surface area contributed by atoms with Gasteiger partial charge < -0.3 is 4.43 Å². The van der Waals surface area contributed by atoms with Gasteiger partial charge in [0.2, 0.25) is 8.32 Å². The molecule has 0 aromatic heterocycles. The zero-order valence-corrected chi connectivity index (χ0v) is 16.0. The molecule has 0 bridgehead atoms. The lowest BCUT2D eigenvalue weighted by Gasteiger charge is -2.36. The molecule has 1 aromatic rings. The number of benzene rings is 1. The minimum Gasteiger partial charge on any atom is -0.543 e. The molecule has 0 aliphatic carbocycles. The van der Waals surface area contributed by atoms with Gasteiger partial charge in [-0.3, -0.25) is 0 Å². The minimum absolute atomic E-state index is 0.228. The average Bonchev–Trinajstić information content (AvgIpc) is 2.26. The molecule has 0 radical (unpaired) electrons. The fraction of sp³-hybridized carbons (Fsp3) is 0.571. The van der Waals surface area contributed by atoms with Crippen LogP contribution in [0.25, 0.3) is 0 Å². The second-order valence-electron chi connectivity index (χ2n) is 6.11. The normalized spacial score (nSPS) is 12.6. The van der Waals surface area contributed by atoms with Gasteiger partial charge in [-0.05, 0) is 41.4 Å². The van der Waals surface area contributed by atoms with E-state index in [0.717, 1.165) is 16.4 Å². The smallest absolute Gasteiger partial charge is 0.250 e. The van der Waals surface area contributed by atoms with Gasteiger partial charge >= 0.3 is 0 Å². The van der Waals surface area contributed by atoms with Crippen LogP contribution in [0.4, 0.5) is 0 Å². The fourth-order valence-electron chi connectivity index (χ4n) is 1.39. The van der Waals surface area contributed by atoms with Crippen molar-refractivity contribution in [2.45, 2.75) is 49.6 Å². The van der Waals surface area contributed by atoms with E-state index in [4.69, 9.17) is 4.43 Å². The molecule has 0 saturated heterocycles. The van der Waals surface area contributed by atoms with E-state index >= 15 is 0 Å². The molecule has 1 rings (SSSR count). The molecule has 0 fully saturated rings. The molecule has 1 aromatic carbocycles. The topological polar surface area (TPSA) is 9.23 Å². The SMILES string of the molecule is CC(C)(C)[Si](C)(C)Oc1cc(CBr)cc(CBr)c1. The van der Waals surface area contributed by atoms with Gasteiger partial charge in [0.25, 0.3) is 0 Å². The maximum absolute atomic E-state index is 6.35. The van der Waals surface area contributed by atoms with Crippen molar-refractivity contribution in [1.82, 2.24) is 0 Å². The average molecular weight is 394 g/mol. The summed E-state index contributed by atoms with van der Waals surface area (Å²) in [7, 11) is -1.75. The Morgan fingerprint density at radius 1 is 1.00 bits per heavy atom. The molecular weight excluding hydrogens is 372 g/mol. The zero-order valence-electron chi connectivity index (χ0n) is 11.8. The summed E-state index contributed by atoms with van der Waals surface area (Å²) >= 11 is 7.03. The summed E-state index contributed by atoms with van der Waals surface area (Å²) in [6.07, 6.45) is 0. The summed E-state index contributed by atoms with van der Waals surface area (Å²) in [6, 6.07) is 6.48. The first kappa shape index (κ1) is 16.3. The Balaban J connectivity index is 3.04. The van der Waals surface area contributed by atoms with Crippen LogP contribution >= 0.6 is 31.9 Å². The van der Waals surface area contributed by atoms with Gasteiger partial charge in [0, 0.05) is 10.7 Å². The van der Waals surface area contributed by atoms with Gasteiger partial charge in [-0.1, -0.05) is 58.7 Å². The van der Waals surface area contributed by atoms with E-state index in [-0.39, 0.29) is 5.04 Å². The molecule has 0 amide bonds. The Morgan fingerprint density at radius 3 is 1.78 bits per heavy atom. The number of halogens is 2. The first-order valence-electron chi connectivity index (χ1n) is 6.13. The molecule has 18 heavy (non-hydrogen) atoms. The van der Waals surface area contributed by atoms with E-state index < -0.39 is 8.32 Å². The summed E-state index contributed by atoms with van der Waals surface area (Å²) in [5, 5.41) is 1.95. The number of rotatable bonds is 4. The van der Waals surface area contributed by atoms with Gasteiger partial charge in [0.1, 0.15) is 5.75 Å². The van der Waals surface area contributed by atoms with E-state index in [2.05, 4.69) is 83.9 Å². The number of hydrogen-bond acceptors (Lipinski definition) is 1. The minimum atomic E-state index is -1.75. The summed E-state index contributed by atoms with van der Waals surface area (Å²) < 4.78 is 6.35. The quantitative estimate of drug-likeness (QED) is 0.459. The van der Waals surface area contributed by atoms with Gasteiger partial charge in [-0.15, -0.1) is 0 Å². The Bertz CT molecular complexity index is 388. The standard InChI is InChI=1S/C14H22Br2OSi/c1-14(2,3)18(4,5)17-13-7-11(9-15)6-12(8-13)10-16/h6-8H,9-10H2,1-5H3. The number of hydrogen-bond donors (Lipinski definition) is 0. The van der Waals surface area contributed by atoms with Crippen LogP contribution in [0, 0.1) is 0 Å². The van der Waals surface area contributed by atoms with Crippen molar-refractivity contribution in [2.24, 2.45) is 0 Å². The highest BCUT2D eigenvalue weighted by Crippen LogP contribution is 2.37. The van der Waals surface area contributed by atoms with Crippen molar-refractivity contribution in [2.75, 3.05) is 0 Å². The number of alkyl halides is 2. The molecule has 0 heterocycles. The zero-order chi connectivity index (χ0) is 14.0. The predicted molar refractivity (Wildman–Crippen MR) is 89.5 cm³/mol. The Labute approximate surface area is 129 Å². The lowest BCUT2D eigenvalue weighted by molar-refractivity contribution is 0.491. The van der Waals surface area contributed by atoms with E-state index in [0.29, 0.717) is 0 Å². The van der Waals surface area contributed by atoms with E-state index in [1.165, 1.54) is 11.1 Å². The van der Waals surface area contributed by atoms with Crippen LogP contribution in [-0.2, 0) is 10.7 Å². The highest BCUT2D eigenvalue weighted by Gasteiger charge is 2.39. The second kappa shape index (κ2) is 6.10. The molecule has 4 heteroatoms. The largest absolute Gasteiger partial charge is 0.543 e. The van der Waals surface area contributed by atoms with E-state index in [1.807, 2.05) is 0 Å². The third-order valence-electron chi connectivity index (χ3n) is 3.51. The first-order valence-corrected chi connectivity index (χ1v) is 11.3. The Morgan fingerprint density at radius 2 is 1.44 bits per heavy atom. The van der Waals surface area contributed by atoms with Crippen LogP contribution in [0.2, 0.25) is 18.1 Å². The molecular formula is C14H22Br2OSi. The maximum atomic E-state index is 6.35. The second-order valence-corrected chi connectivity index (χ2v) is 12.0. The highest BCUT2D eigenvalue weighted by molar-refractivity contribution is 9.08. The monoisotopic (exact) mass is 392 g/mol. The van der Waals surface area contributed by atoms with Crippen molar-refractivity contribution in [3.05, 3.63) is 29.3 Å². The summed E-state index contributed by atoms with van der Waals surface area (Å²) in [4.78, 5) is 0. The molecule has 1 nitrogen and oxygen atoms in total. The molecule has 0 unspecified atom stereocenters. The van der Waals surface area contributed by atoms with Crippen molar-refractivity contribution in [1.29, 1.82) is 0 Å². The van der Waals surface area contributed by atoms with Crippen LogP contribution in [0.3, 0.4) is 0 Å². The maximum Gasteiger partial charge on any atom is 0.250 e. The summed E-state index contributed by atoms with van der Waals surface area (Å²) in [6.45, 7) is 11.3. The van der Waals surface area contributed by atoms with Gasteiger partial charge in [0.15, 0.2) is 0 Å². The van der Waals surface area contributed by atoms with Crippen LogP contribution < -0.4 is 4.43 Å². The third kappa shape index (κ3) is 4.10. The van der Waals surface area contributed by atoms with Gasteiger partial charge in [-0.2, -0.15) is 0 Å². The third-order valence-corrected chi connectivity index (χ3v) is 9.17. The van der Waals surface area contributed by atoms with Crippen LogP contribution in [0.15, 0.2) is 18.2 Å². The molecule has 0 aliphatic rings. The molecule has 102 valence electrons. The fourth-order valence-corrected chi connectivity index (χ4v) is 3.05. The Kier molecular flexibility index (Phi) is 5.51. The van der Waals surface area contributed by atoms with Crippen molar-refractivity contribution < 1.29 is 4.43 Å². The molecule has 0 atom stereocenters. The van der Waals surface area contributed by atoms with Crippen molar-refractivity contribution in [3.63, 3.8) is 0 Å². The summed E-state index contributed by atoms with van der Waals surface area (Å²) in [5.41, 5.74) is 2.53. The predicted octanol–water partition coefficient (Wildman–Crippen LogP) is 5.86. The molecule has 0 spiro atoms. The van der Waals surface area contributed by atoms with E-state index in [1.54, 1.807) is 0 Å². The van der Waals surface area contributed by atoms with Crippen molar-refractivity contribution >= 4 is 40.2 Å².